The number of nitrogens with zero attached hydrogens (tertiary/aromatic N) is 5. The Morgan fingerprint density at radius 1 is 0.907 bits per heavy atom. The molecule has 2 aliphatic rings. The number of carbonyl (C=O) groups excluding carboxylic acids is 4. The van der Waals surface area contributed by atoms with Crippen molar-refractivity contribution in [3.63, 3.8) is 0 Å². The highest BCUT2D eigenvalue weighted by atomic mass is 16.5. The Labute approximate surface area is 316 Å². The quantitative estimate of drug-likeness (QED) is 0.322. The molecule has 2 aliphatic heterocycles. The number of benzene rings is 3. The second-order valence-corrected chi connectivity index (χ2v) is 14.3. The van der Waals surface area contributed by atoms with Crippen molar-refractivity contribution in [2.24, 2.45) is 5.92 Å². The van der Waals surface area contributed by atoms with Crippen molar-refractivity contribution in [3.05, 3.63) is 107 Å². The number of amides is 4. The lowest BCUT2D eigenvalue weighted by Crippen LogP contribution is -2.57. The zero-order valence-electron chi connectivity index (χ0n) is 31.1. The molecular weight excluding hydrogens is 686 g/mol. The predicted molar refractivity (Wildman–Crippen MR) is 202 cm³/mol. The number of rotatable bonds is 4. The lowest BCUT2D eigenvalue weighted by atomic mass is 10.0. The van der Waals surface area contributed by atoms with Gasteiger partial charge in [-0.15, -0.1) is 5.10 Å². The van der Waals surface area contributed by atoms with Gasteiger partial charge in [0.25, 0.3) is 5.91 Å². The van der Waals surface area contributed by atoms with Crippen LogP contribution in [0.15, 0.2) is 85.1 Å². The molecule has 0 saturated carbocycles. The summed E-state index contributed by atoms with van der Waals surface area (Å²) in [7, 11) is 1.63. The molecule has 3 heterocycles. The number of hydrogen-bond donors (Lipinski definition) is 2. The van der Waals surface area contributed by atoms with E-state index in [0.29, 0.717) is 75.5 Å². The van der Waals surface area contributed by atoms with Crippen LogP contribution in [-0.2, 0) is 40.4 Å². The summed E-state index contributed by atoms with van der Waals surface area (Å²) < 4.78 is 13.7. The normalized spacial score (nSPS) is 20.7. The third-order valence-electron chi connectivity index (χ3n) is 9.81. The summed E-state index contributed by atoms with van der Waals surface area (Å²) in [6.45, 7) is 5.56. The number of nitrogens with one attached hydrogen (secondary N) is 2. The molecule has 1 saturated heterocycles. The first-order valence-electron chi connectivity index (χ1n) is 18.7. The van der Waals surface area contributed by atoms with Gasteiger partial charge in [-0.3, -0.25) is 19.2 Å². The van der Waals surface area contributed by atoms with Gasteiger partial charge in [0.2, 0.25) is 17.7 Å². The fraction of sp³-hybridized carbons (Fsp3) is 0.415. The Kier molecular flexibility index (Phi) is 12.6. The second kappa shape index (κ2) is 17.9. The average molecular weight is 736 g/mol. The van der Waals surface area contributed by atoms with Gasteiger partial charge in [-0.1, -0.05) is 73.7 Å². The third kappa shape index (κ3) is 9.63. The minimum absolute atomic E-state index is 0.0694. The van der Waals surface area contributed by atoms with Crippen LogP contribution in [0, 0.1) is 5.92 Å². The molecule has 0 aliphatic carbocycles. The molecule has 54 heavy (non-hydrogen) atoms. The van der Waals surface area contributed by atoms with E-state index in [1.165, 1.54) is 4.90 Å². The van der Waals surface area contributed by atoms with Gasteiger partial charge in [-0.2, -0.15) is 0 Å². The van der Waals surface area contributed by atoms with Crippen LogP contribution < -0.4 is 20.1 Å². The average Bonchev–Trinajstić information content (AvgIpc) is 3.85. The van der Waals surface area contributed by atoms with Crippen molar-refractivity contribution in [2.75, 3.05) is 26.7 Å². The Morgan fingerprint density at radius 3 is 2.52 bits per heavy atom. The van der Waals surface area contributed by atoms with E-state index in [2.05, 4.69) is 20.9 Å². The molecule has 1 fully saturated rings. The first kappa shape index (κ1) is 38.0. The third-order valence-corrected chi connectivity index (χ3v) is 9.81. The number of carbonyl (C=O) groups is 4. The summed E-state index contributed by atoms with van der Waals surface area (Å²) in [5.41, 5.74) is 2.74. The maximum atomic E-state index is 14.3. The molecule has 1 aromatic heterocycles. The molecule has 4 amide bonds. The molecule has 3 aromatic carbocycles. The van der Waals surface area contributed by atoms with Gasteiger partial charge in [-0.05, 0) is 67.0 Å². The van der Waals surface area contributed by atoms with Gasteiger partial charge in [-0.25, -0.2) is 4.68 Å². The SMILES string of the molecule is CC(C)C[C@H]1NC(=O)c2ccccc2OCc2cn(nn2)CCOc2cccc(c2)CCNC(=O)[C@H](Cc2ccccc2)N(C)C(=O)[C@H]2CCCN2C1=O. The summed E-state index contributed by atoms with van der Waals surface area (Å²) in [6, 6.07) is 21.7. The Morgan fingerprint density at radius 2 is 1.70 bits per heavy atom. The van der Waals surface area contributed by atoms with Gasteiger partial charge in [0.1, 0.15) is 48.5 Å². The number of aromatic nitrogens is 3. The van der Waals surface area contributed by atoms with Crippen molar-refractivity contribution >= 4 is 23.6 Å². The summed E-state index contributed by atoms with van der Waals surface area (Å²) in [4.78, 5) is 59.4. The predicted octanol–water partition coefficient (Wildman–Crippen LogP) is 3.81. The zero-order chi connectivity index (χ0) is 38.0. The molecule has 0 unspecified atom stereocenters. The topological polar surface area (TPSA) is 148 Å². The van der Waals surface area contributed by atoms with E-state index >= 15 is 0 Å². The van der Waals surface area contributed by atoms with Crippen LogP contribution in [-0.4, -0.2) is 93.3 Å². The lowest BCUT2D eigenvalue weighted by Gasteiger charge is -2.34. The smallest absolute Gasteiger partial charge is 0.255 e. The summed E-state index contributed by atoms with van der Waals surface area (Å²) in [5, 5.41) is 14.4. The summed E-state index contributed by atoms with van der Waals surface area (Å²) >= 11 is 0. The van der Waals surface area contributed by atoms with Crippen LogP contribution in [0.25, 0.3) is 0 Å². The first-order valence-corrected chi connectivity index (χ1v) is 18.7. The fourth-order valence-corrected chi connectivity index (χ4v) is 6.99. The Bertz CT molecular complexity index is 1910. The summed E-state index contributed by atoms with van der Waals surface area (Å²) in [6.07, 6.45) is 4.08. The van der Waals surface area contributed by atoms with Gasteiger partial charge in [0.05, 0.1) is 18.3 Å². The van der Waals surface area contributed by atoms with Crippen LogP contribution in [0.3, 0.4) is 0 Å². The second-order valence-electron chi connectivity index (χ2n) is 14.3. The fourth-order valence-electron chi connectivity index (χ4n) is 6.99. The van der Waals surface area contributed by atoms with Gasteiger partial charge >= 0.3 is 0 Å². The number of fused-ring (bicyclic) bond motifs is 6. The minimum Gasteiger partial charge on any atom is -0.492 e. The summed E-state index contributed by atoms with van der Waals surface area (Å²) in [5.74, 6) is -0.283. The van der Waals surface area contributed by atoms with Crippen LogP contribution >= 0.6 is 0 Å². The highest BCUT2D eigenvalue weighted by Gasteiger charge is 2.41. The molecule has 0 radical (unpaired) electrons. The van der Waals surface area contributed by atoms with Crippen LogP contribution in [0.1, 0.15) is 60.3 Å². The van der Waals surface area contributed by atoms with Crippen molar-refractivity contribution in [1.29, 1.82) is 0 Å². The zero-order valence-corrected chi connectivity index (χ0v) is 31.1. The maximum absolute atomic E-state index is 14.3. The molecule has 3 atom stereocenters. The van der Waals surface area contributed by atoms with Crippen molar-refractivity contribution in [1.82, 2.24) is 35.4 Å². The molecule has 284 valence electrons. The largest absolute Gasteiger partial charge is 0.492 e. The highest BCUT2D eigenvalue weighted by Crippen LogP contribution is 2.25. The number of ether oxygens (including phenoxy) is 2. The number of para-hydroxylation sites is 1. The standard InChI is InChI=1S/C41H49N7O6/c1-28(2)23-34-40(51)48-20-10-16-35(48)41(52)46(3)36(25-29-11-5-4-6-12-29)39(50)42-19-18-30-13-9-14-32(24-30)53-22-21-47-26-31(44-45-47)27-54-37-17-8-7-15-33(37)38(49)43-34/h4-9,11-15,17,24,26,28,34-36H,10,16,18-23,25,27H2,1-3H3,(H,42,50)(H,43,49)/t34-,35-,36+/m1/s1. The monoisotopic (exact) mass is 735 g/mol. The van der Waals surface area contributed by atoms with Gasteiger partial charge < -0.3 is 29.9 Å². The van der Waals surface area contributed by atoms with Crippen LogP contribution in [0.4, 0.5) is 0 Å². The van der Waals surface area contributed by atoms with Crippen LogP contribution in [0.5, 0.6) is 11.5 Å². The lowest BCUT2D eigenvalue weighted by molar-refractivity contribution is -0.147. The first-order chi connectivity index (χ1) is 26.2. The van der Waals surface area contributed by atoms with E-state index in [0.717, 1.165) is 11.1 Å². The van der Waals surface area contributed by atoms with Gasteiger partial charge in [0.15, 0.2) is 0 Å². The van der Waals surface area contributed by atoms with E-state index < -0.39 is 24.0 Å². The highest BCUT2D eigenvalue weighted by molar-refractivity contribution is 6.00. The molecular formula is C41H49N7O6. The number of hydrogen-bond acceptors (Lipinski definition) is 8. The Hall–Kier alpha value is -5.72. The van der Waals surface area contributed by atoms with Crippen molar-refractivity contribution < 1.29 is 28.7 Å². The molecule has 6 rings (SSSR count). The van der Waals surface area contributed by atoms with Crippen molar-refractivity contribution in [2.45, 2.75) is 77.2 Å². The van der Waals surface area contributed by atoms with E-state index in [9.17, 15) is 19.2 Å². The number of likely N-dealkylation sites (N-methyl/N-ethyl adjacent to an activating group) is 1. The molecule has 4 aromatic rings. The van der Waals surface area contributed by atoms with E-state index in [1.807, 2.05) is 68.4 Å². The van der Waals surface area contributed by atoms with E-state index in [1.54, 1.807) is 47.1 Å². The van der Waals surface area contributed by atoms with E-state index in [-0.39, 0.29) is 35.8 Å². The molecule has 2 N–H and O–H groups in total. The molecule has 13 nitrogen and oxygen atoms in total. The van der Waals surface area contributed by atoms with Gasteiger partial charge in [0, 0.05) is 26.6 Å². The molecule has 4 bridgehead atoms. The van der Waals surface area contributed by atoms with Crippen LogP contribution in [0.2, 0.25) is 0 Å². The van der Waals surface area contributed by atoms with Crippen molar-refractivity contribution in [3.8, 4) is 11.5 Å². The minimum atomic E-state index is -0.883. The molecule has 0 spiro atoms. The Balaban J connectivity index is 1.29. The molecule has 13 heteroatoms. The van der Waals surface area contributed by atoms with E-state index in [4.69, 9.17) is 9.47 Å². The maximum Gasteiger partial charge on any atom is 0.255 e.